The molecule has 0 spiro atoms. The quantitative estimate of drug-likeness (QED) is 0.418. The van der Waals surface area contributed by atoms with E-state index in [0.717, 1.165) is 42.1 Å². The maximum atomic E-state index is 10.6. The Morgan fingerprint density at radius 2 is 1.89 bits per heavy atom. The van der Waals surface area contributed by atoms with Gasteiger partial charge in [-0.05, 0) is 56.1 Å². The van der Waals surface area contributed by atoms with Crippen LogP contribution in [0.1, 0.15) is 22.4 Å². The van der Waals surface area contributed by atoms with Crippen LogP contribution in [0.2, 0.25) is 0 Å². The van der Waals surface area contributed by atoms with E-state index in [4.69, 9.17) is 18.8 Å². The number of furan rings is 1. The zero-order chi connectivity index (χ0) is 25.2. The maximum absolute atomic E-state index is 10.6. The summed E-state index contributed by atoms with van der Waals surface area (Å²) in [6.45, 7) is 5.80. The number of benzene rings is 1. The highest BCUT2D eigenvalue weighted by Gasteiger charge is 2.38. The molecule has 5 rings (SSSR count). The number of rotatable bonds is 3. The van der Waals surface area contributed by atoms with Gasteiger partial charge in [0.1, 0.15) is 5.76 Å². The number of nitrogens with zero attached hydrogens (tertiary/aromatic N) is 3. The zero-order valence-electron chi connectivity index (χ0n) is 18.8. The van der Waals surface area contributed by atoms with E-state index in [1.807, 2.05) is 37.4 Å². The number of pyridine rings is 1. The first-order chi connectivity index (χ1) is 16.6. The molecule has 1 aliphatic heterocycles. The Labute approximate surface area is 197 Å². The average molecular weight is 486 g/mol. The van der Waals surface area contributed by atoms with Gasteiger partial charge < -0.3 is 19.4 Å². The molecular weight excluding hydrogens is 465 g/mol. The van der Waals surface area contributed by atoms with E-state index in [1.54, 1.807) is 0 Å². The fourth-order valence-electron chi connectivity index (χ4n) is 3.70. The van der Waals surface area contributed by atoms with Gasteiger partial charge in [0.2, 0.25) is 5.82 Å². The topological polar surface area (TPSA) is 114 Å². The summed E-state index contributed by atoms with van der Waals surface area (Å²) >= 11 is 0. The van der Waals surface area contributed by atoms with Crippen molar-refractivity contribution >= 4 is 5.97 Å². The Balaban J connectivity index is 0.000000364. The molecule has 0 bridgehead atoms. The molecular formula is C24H21F3N4O4. The molecule has 182 valence electrons. The highest BCUT2D eigenvalue weighted by molar-refractivity contribution is 5.73. The summed E-state index contributed by atoms with van der Waals surface area (Å²) in [5.74, 6) is -0.480. The normalized spacial score (nSPS) is 13.1. The minimum Gasteiger partial charge on any atom is -0.475 e. The van der Waals surface area contributed by atoms with E-state index in [-0.39, 0.29) is 0 Å². The number of aromatic nitrogens is 3. The molecule has 8 nitrogen and oxygen atoms in total. The SMILES string of the molecule is Cc1cccc(-c2ccc(-c3nc(-c4c(C)ncc5c4CCNC5)no3)o2)c1.O=C(O)C(F)(F)F. The summed E-state index contributed by atoms with van der Waals surface area (Å²) in [6.07, 6.45) is -2.22. The van der Waals surface area contributed by atoms with Crippen molar-refractivity contribution in [2.75, 3.05) is 6.54 Å². The van der Waals surface area contributed by atoms with E-state index < -0.39 is 12.1 Å². The van der Waals surface area contributed by atoms with Gasteiger partial charge in [-0.1, -0.05) is 28.9 Å². The number of fused-ring (bicyclic) bond motifs is 1. The van der Waals surface area contributed by atoms with Gasteiger partial charge in [-0.15, -0.1) is 0 Å². The molecule has 0 unspecified atom stereocenters. The molecule has 0 saturated carbocycles. The van der Waals surface area contributed by atoms with Crippen LogP contribution in [-0.4, -0.2) is 38.9 Å². The lowest BCUT2D eigenvalue weighted by atomic mass is 9.95. The summed E-state index contributed by atoms with van der Waals surface area (Å²) in [4.78, 5) is 18.0. The number of aryl methyl sites for hydroxylation is 2. The Kier molecular flexibility index (Phi) is 6.70. The second-order valence-corrected chi connectivity index (χ2v) is 7.91. The number of hydrogen-bond donors (Lipinski definition) is 2. The number of aliphatic carboxylic acids is 1. The highest BCUT2D eigenvalue weighted by Crippen LogP contribution is 2.32. The second-order valence-electron chi connectivity index (χ2n) is 7.91. The molecule has 11 heteroatoms. The van der Waals surface area contributed by atoms with Crippen molar-refractivity contribution in [2.45, 2.75) is 33.0 Å². The maximum Gasteiger partial charge on any atom is 0.490 e. The van der Waals surface area contributed by atoms with Crippen molar-refractivity contribution in [1.82, 2.24) is 20.4 Å². The minimum atomic E-state index is -5.08. The molecule has 1 aliphatic rings. The van der Waals surface area contributed by atoms with Crippen molar-refractivity contribution in [3.8, 4) is 34.4 Å². The van der Waals surface area contributed by atoms with Crippen LogP contribution in [0.25, 0.3) is 34.4 Å². The molecule has 0 amide bonds. The largest absolute Gasteiger partial charge is 0.490 e. The molecule has 4 heterocycles. The molecule has 0 radical (unpaired) electrons. The highest BCUT2D eigenvalue weighted by atomic mass is 19.4. The fraction of sp³-hybridized carbons (Fsp3) is 0.250. The third kappa shape index (κ3) is 5.40. The average Bonchev–Trinajstić information content (AvgIpc) is 3.49. The summed E-state index contributed by atoms with van der Waals surface area (Å²) < 4.78 is 43.2. The van der Waals surface area contributed by atoms with Crippen LogP contribution >= 0.6 is 0 Å². The third-order valence-corrected chi connectivity index (χ3v) is 5.34. The van der Waals surface area contributed by atoms with Crippen LogP contribution in [-0.2, 0) is 17.8 Å². The molecule has 3 aromatic heterocycles. The van der Waals surface area contributed by atoms with E-state index in [0.29, 0.717) is 17.5 Å². The Morgan fingerprint density at radius 1 is 1.14 bits per heavy atom. The van der Waals surface area contributed by atoms with E-state index >= 15 is 0 Å². The van der Waals surface area contributed by atoms with Gasteiger partial charge in [0.25, 0.3) is 5.89 Å². The predicted octanol–water partition coefficient (Wildman–Crippen LogP) is 4.95. The molecule has 1 aromatic carbocycles. The van der Waals surface area contributed by atoms with Crippen LogP contribution in [0, 0.1) is 13.8 Å². The van der Waals surface area contributed by atoms with Gasteiger partial charge in [0.05, 0.1) is 0 Å². The fourth-order valence-corrected chi connectivity index (χ4v) is 3.70. The monoisotopic (exact) mass is 486 g/mol. The van der Waals surface area contributed by atoms with Gasteiger partial charge in [-0.3, -0.25) is 4.98 Å². The summed E-state index contributed by atoms with van der Waals surface area (Å²) in [5.41, 5.74) is 6.53. The smallest absolute Gasteiger partial charge is 0.475 e. The lowest BCUT2D eigenvalue weighted by Gasteiger charge is -2.19. The predicted molar refractivity (Wildman–Crippen MR) is 119 cm³/mol. The molecule has 0 saturated heterocycles. The van der Waals surface area contributed by atoms with Gasteiger partial charge >= 0.3 is 12.1 Å². The van der Waals surface area contributed by atoms with E-state index in [2.05, 4.69) is 39.5 Å². The van der Waals surface area contributed by atoms with Gasteiger partial charge in [0.15, 0.2) is 5.76 Å². The molecule has 0 aliphatic carbocycles. The van der Waals surface area contributed by atoms with E-state index in [9.17, 15) is 13.2 Å². The Hall–Kier alpha value is -3.99. The number of alkyl halides is 3. The van der Waals surface area contributed by atoms with Crippen molar-refractivity contribution < 1.29 is 32.0 Å². The lowest BCUT2D eigenvalue weighted by Crippen LogP contribution is -2.24. The first-order valence-electron chi connectivity index (χ1n) is 10.6. The van der Waals surface area contributed by atoms with Gasteiger partial charge in [-0.25, -0.2) is 4.79 Å². The van der Waals surface area contributed by atoms with Crippen molar-refractivity contribution in [3.63, 3.8) is 0 Å². The van der Waals surface area contributed by atoms with Crippen LogP contribution < -0.4 is 5.32 Å². The number of carboxylic acids is 1. The lowest BCUT2D eigenvalue weighted by molar-refractivity contribution is -0.192. The molecule has 2 N–H and O–H groups in total. The summed E-state index contributed by atoms with van der Waals surface area (Å²) in [5, 5.41) is 14.7. The van der Waals surface area contributed by atoms with Crippen molar-refractivity contribution in [1.29, 1.82) is 0 Å². The second kappa shape index (κ2) is 9.71. The number of hydrogen-bond acceptors (Lipinski definition) is 7. The first-order valence-corrected chi connectivity index (χ1v) is 10.6. The number of halogens is 3. The Morgan fingerprint density at radius 3 is 2.60 bits per heavy atom. The van der Waals surface area contributed by atoms with Crippen LogP contribution in [0.3, 0.4) is 0 Å². The first kappa shape index (κ1) is 24.1. The summed E-state index contributed by atoms with van der Waals surface area (Å²) in [6, 6.07) is 12.0. The number of carboxylic acid groups (broad SMARTS) is 1. The van der Waals surface area contributed by atoms with Gasteiger partial charge in [0, 0.05) is 29.6 Å². The zero-order valence-corrected chi connectivity index (χ0v) is 18.8. The van der Waals surface area contributed by atoms with Crippen molar-refractivity contribution in [2.24, 2.45) is 0 Å². The molecule has 35 heavy (non-hydrogen) atoms. The van der Waals surface area contributed by atoms with Crippen LogP contribution in [0.15, 0.2) is 51.5 Å². The molecule has 0 atom stereocenters. The van der Waals surface area contributed by atoms with Crippen LogP contribution in [0.5, 0.6) is 0 Å². The number of carbonyl (C=O) groups is 1. The summed E-state index contributed by atoms with van der Waals surface area (Å²) in [7, 11) is 0. The van der Waals surface area contributed by atoms with E-state index in [1.165, 1.54) is 16.7 Å². The molecule has 0 fully saturated rings. The standard InChI is InChI=1S/C22H20N4O2.C2HF3O2/c1-13-4-3-5-15(10-13)18-6-7-19(27-18)22-25-21(26-28-22)20-14(2)24-12-16-11-23-9-8-17(16)20;3-2(4,5)1(6)7/h3-7,10,12,23H,8-9,11H2,1-2H3;(H,6,7). The van der Waals surface area contributed by atoms with Crippen LogP contribution in [0.4, 0.5) is 13.2 Å². The third-order valence-electron chi connectivity index (χ3n) is 5.34. The van der Waals surface area contributed by atoms with Gasteiger partial charge in [-0.2, -0.15) is 18.2 Å². The Bertz CT molecular complexity index is 1360. The minimum absolute atomic E-state index is 0.375. The molecule has 4 aromatic rings. The number of nitrogens with one attached hydrogen (secondary N) is 1. The van der Waals surface area contributed by atoms with Crippen molar-refractivity contribution in [3.05, 3.63) is 65.0 Å².